The number of carbonyl (C=O) groups excluding carboxylic acids is 2. The lowest BCUT2D eigenvalue weighted by atomic mass is 9.53. The molecule has 0 aromatic heterocycles. The number of hydrogen-bond donors (Lipinski definition) is 8. The molecule has 3 unspecified atom stereocenters. The van der Waals surface area contributed by atoms with Gasteiger partial charge in [0.1, 0.15) is 11.4 Å². The Balaban J connectivity index is 1.16. The highest BCUT2D eigenvalue weighted by Gasteiger charge is 2.64. The SMILES string of the molecule is C[C@]12CCC3c4ccc(O)cc4CCC3C1CC[C@]2(O)C(=O)NC1CCC(NC(=O)CC(P(=O)(O)O)P(=O)(O)O)CC1. The summed E-state index contributed by atoms with van der Waals surface area (Å²) in [7, 11) is -10.4. The summed E-state index contributed by atoms with van der Waals surface area (Å²) in [6.45, 7) is 2.06. The van der Waals surface area contributed by atoms with E-state index in [1.165, 1.54) is 11.1 Å². The molecule has 0 saturated heterocycles. The molecule has 3 fully saturated rings. The van der Waals surface area contributed by atoms with Crippen LogP contribution in [-0.4, -0.2) is 64.7 Å². The summed E-state index contributed by atoms with van der Waals surface area (Å²) in [5.74, 6) is 0.0239. The van der Waals surface area contributed by atoms with E-state index in [4.69, 9.17) is 0 Å². The molecule has 0 bridgehead atoms. The first-order valence-electron chi connectivity index (χ1n) is 14.8. The molecule has 12 nitrogen and oxygen atoms in total. The maximum absolute atomic E-state index is 13.7. The number of aromatic hydroxyl groups is 1. The van der Waals surface area contributed by atoms with Gasteiger partial charge >= 0.3 is 15.2 Å². The first-order valence-corrected chi connectivity index (χ1v) is 18.1. The monoisotopic (exact) mass is 628 g/mol. The maximum atomic E-state index is 13.7. The normalized spacial score (nSPS) is 34.7. The van der Waals surface area contributed by atoms with Crippen LogP contribution in [0.1, 0.15) is 88.2 Å². The van der Waals surface area contributed by atoms with E-state index in [1.54, 1.807) is 6.07 Å². The average molecular weight is 629 g/mol. The van der Waals surface area contributed by atoms with Gasteiger partial charge in [0.2, 0.25) is 5.91 Å². The van der Waals surface area contributed by atoms with Crippen LogP contribution >= 0.6 is 15.2 Å². The number of aryl methyl sites for hydroxylation is 1. The molecular weight excluding hydrogens is 586 g/mol. The molecule has 0 radical (unpaired) electrons. The topological polar surface area (TPSA) is 214 Å². The molecule has 0 heterocycles. The summed E-state index contributed by atoms with van der Waals surface area (Å²) in [5.41, 5.74) is 0.449. The van der Waals surface area contributed by atoms with E-state index in [-0.39, 0.29) is 29.7 Å². The van der Waals surface area contributed by atoms with Gasteiger partial charge in [-0.15, -0.1) is 0 Å². The third kappa shape index (κ3) is 5.84. The van der Waals surface area contributed by atoms with Crippen molar-refractivity contribution in [1.29, 1.82) is 0 Å². The number of hydrogen-bond acceptors (Lipinski definition) is 6. The summed E-state index contributed by atoms with van der Waals surface area (Å²) in [6.07, 6.45) is 5.59. The summed E-state index contributed by atoms with van der Waals surface area (Å²) < 4.78 is 23.0. The van der Waals surface area contributed by atoms with Crippen LogP contribution in [0, 0.1) is 17.3 Å². The maximum Gasteiger partial charge on any atom is 0.341 e. The fourth-order valence-corrected chi connectivity index (χ4v) is 10.9. The summed E-state index contributed by atoms with van der Waals surface area (Å²) in [6, 6.07) is 5.07. The van der Waals surface area contributed by atoms with Crippen LogP contribution in [0.4, 0.5) is 0 Å². The Hall–Kier alpha value is -1.78. The number of phenols is 1. The zero-order valence-corrected chi connectivity index (χ0v) is 25.5. The molecule has 5 rings (SSSR count). The van der Waals surface area contributed by atoms with E-state index in [1.807, 2.05) is 12.1 Å². The minimum Gasteiger partial charge on any atom is -0.508 e. The van der Waals surface area contributed by atoms with Crippen molar-refractivity contribution in [3.8, 4) is 5.75 Å². The van der Waals surface area contributed by atoms with Crippen LogP contribution < -0.4 is 10.6 Å². The summed E-state index contributed by atoms with van der Waals surface area (Å²) >= 11 is 0. The van der Waals surface area contributed by atoms with Crippen molar-refractivity contribution in [1.82, 2.24) is 10.6 Å². The third-order valence-corrected chi connectivity index (χ3v) is 14.5. The molecule has 234 valence electrons. The second-order valence-electron chi connectivity index (χ2n) is 13.1. The lowest BCUT2D eigenvalue weighted by Gasteiger charge is -2.52. The highest BCUT2D eigenvalue weighted by Crippen LogP contribution is 2.64. The smallest absolute Gasteiger partial charge is 0.341 e. The molecule has 0 spiro atoms. The van der Waals surface area contributed by atoms with Gasteiger partial charge < -0.3 is 40.4 Å². The Kier molecular flexibility index (Phi) is 8.51. The molecule has 0 aliphatic heterocycles. The van der Waals surface area contributed by atoms with Crippen molar-refractivity contribution >= 4 is 27.0 Å². The van der Waals surface area contributed by atoms with E-state index in [0.29, 0.717) is 43.9 Å². The number of rotatable bonds is 7. The van der Waals surface area contributed by atoms with Crippen LogP contribution in [0.5, 0.6) is 5.75 Å². The molecule has 14 heteroatoms. The van der Waals surface area contributed by atoms with Crippen molar-refractivity contribution in [3.63, 3.8) is 0 Å². The zero-order valence-electron chi connectivity index (χ0n) is 23.7. The molecule has 4 aliphatic carbocycles. The Morgan fingerprint density at radius 2 is 1.55 bits per heavy atom. The Morgan fingerprint density at radius 3 is 2.17 bits per heavy atom. The first-order chi connectivity index (χ1) is 19.5. The summed E-state index contributed by atoms with van der Waals surface area (Å²) in [5, 5.41) is 25.1. The van der Waals surface area contributed by atoms with Gasteiger partial charge in [-0.25, -0.2) is 0 Å². The van der Waals surface area contributed by atoms with Crippen molar-refractivity contribution in [2.75, 3.05) is 0 Å². The predicted molar refractivity (Wildman–Crippen MR) is 152 cm³/mol. The molecule has 1 aromatic rings. The van der Waals surface area contributed by atoms with Gasteiger partial charge in [0.15, 0.2) is 5.40 Å². The number of fused-ring (bicyclic) bond motifs is 5. The number of carbonyl (C=O) groups is 2. The highest BCUT2D eigenvalue weighted by molar-refractivity contribution is 7.70. The molecule has 3 saturated carbocycles. The number of amides is 2. The van der Waals surface area contributed by atoms with Gasteiger partial charge in [-0.2, -0.15) is 0 Å². The van der Waals surface area contributed by atoms with Crippen LogP contribution in [0.15, 0.2) is 18.2 Å². The van der Waals surface area contributed by atoms with Crippen molar-refractivity contribution in [2.45, 2.75) is 107 Å². The van der Waals surface area contributed by atoms with Crippen molar-refractivity contribution in [2.24, 2.45) is 17.3 Å². The minimum atomic E-state index is -5.19. The Bertz CT molecular complexity index is 1300. The van der Waals surface area contributed by atoms with Crippen LogP contribution in [0.3, 0.4) is 0 Å². The van der Waals surface area contributed by atoms with E-state index >= 15 is 0 Å². The number of benzene rings is 1. The average Bonchev–Trinajstić information content (AvgIpc) is 3.18. The molecule has 4 aliphatic rings. The van der Waals surface area contributed by atoms with Gasteiger partial charge in [-0.1, -0.05) is 13.0 Å². The van der Waals surface area contributed by atoms with E-state index in [2.05, 4.69) is 17.6 Å². The summed E-state index contributed by atoms with van der Waals surface area (Å²) in [4.78, 5) is 63.0. The number of phenolic OH excluding ortho intramolecular Hbond substituents is 1. The zero-order chi connectivity index (χ0) is 30.7. The highest BCUT2D eigenvalue weighted by atomic mass is 31.2. The first kappa shape index (κ1) is 31.6. The number of nitrogens with one attached hydrogen (secondary N) is 2. The van der Waals surface area contributed by atoms with Crippen LogP contribution in [0.25, 0.3) is 0 Å². The fourth-order valence-electron chi connectivity index (χ4n) is 8.53. The van der Waals surface area contributed by atoms with Gasteiger partial charge in [0, 0.05) is 17.5 Å². The van der Waals surface area contributed by atoms with Gasteiger partial charge in [0.25, 0.3) is 5.91 Å². The van der Waals surface area contributed by atoms with E-state index in [9.17, 15) is 48.5 Å². The molecule has 2 amide bonds. The fraction of sp³-hybridized carbons (Fsp3) is 0.714. The molecule has 8 N–H and O–H groups in total. The van der Waals surface area contributed by atoms with Crippen LogP contribution in [0.2, 0.25) is 0 Å². The van der Waals surface area contributed by atoms with E-state index in [0.717, 1.165) is 32.1 Å². The van der Waals surface area contributed by atoms with Crippen molar-refractivity contribution in [3.05, 3.63) is 29.3 Å². The number of aliphatic hydroxyl groups is 1. The second kappa shape index (κ2) is 11.3. The van der Waals surface area contributed by atoms with Gasteiger partial charge in [0.05, 0.1) is 6.42 Å². The third-order valence-electron chi connectivity index (χ3n) is 10.8. The lowest BCUT2D eigenvalue weighted by Crippen LogP contribution is -2.60. The second-order valence-corrected chi connectivity index (χ2v) is 17.1. The van der Waals surface area contributed by atoms with Crippen LogP contribution in [-0.2, 0) is 25.1 Å². The molecule has 1 aromatic carbocycles. The standard InChI is InChI=1S/C28H42N2O10P2/c1-27-12-10-21-20-9-7-19(31)14-16(20)2-8-22(21)23(27)11-13-28(27,34)26(33)30-18-5-3-17(4-6-18)29-24(32)15-25(41(35,36)37)42(38,39)40/h7,9,14,17-18,21-23,25,31,34H,2-6,8,10-13,15H2,1H3,(H,29,32)(H,30,33)(H2,35,36,37)(H2,38,39,40)/t17?,18?,21?,22?,23?,27-,28-/m0/s1. The predicted octanol–water partition coefficient (Wildman–Crippen LogP) is 2.59. The van der Waals surface area contributed by atoms with Gasteiger partial charge in [-0.05, 0) is 105 Å². The molecular formula is C28H42N2O10P2. The molecule has 42 heavy (non-hydrogen) atoms. The Morgan fingerprint density at radius 1 is 0.929 bits per heavy atom. The minimum absolute atomic E-state index is 0.208. The molecule has 5 atom stereocenters. The quantitative estimate of drug-likeness (QED) is 0.207. The van der Waals surface area contributed by atoms with Crippen molar-refractivity contribution < 1.29 is 48.5 Å². The lowest BCUT2D eigenvalue weighted by molar-refractivity contribution is -0.160. The van der Waals surface area contributed by atoms with E-state index < -0.39 is 43.9 Å². The largest absolute Gasteiger partial charge is 0.508 e. The van der Waals surface area contributed by atoms with Gasteiger partial charge in [-0.3, -0.25) is 18.7 Å². The Labute approximate surface area is 245 Å².